The van der Waals surface area contributed by atoms with Gasteiger partial charge in [0.05, 0.1) is 6.42 Å². The number of rotatable bonds is 5. The number of hydrogen-bond acceptors (Lipinski definition) is 2. The van der Waals surface area contributed by atoms with E-state index in [1.165, 1.54) is 0 Å². The van der Waals surface area contributed by atoms with Gasteiger partial charge in [-0.2, -0.15) is 0 Å². The summed E-state index contributed by atoms with van der Waals surface area (Å²) < 4.78 is 5.72. The van der Waals surface area contributed by atoms with Crippen LogP contribution in [0.4, 0.5) is 0 Å². The first kappa shape index (κ1) is 12.6. The van der Waals surface area contributed by atoms with Crippen LogP contribution in [0.3, 0.4) is 0 Å². The second kappa shape index (κ2) is 5.54. The topological polar surface area (TPSA) is 52.3 Å². The standard InChI is InChI=1S/C13H19NO2/c1-9(2)11-6-4-5-7-12(11)16-10(3)8-13(14)15/h4-7,9-10H,8H2,1-3H3,(H2,14,15). The van der Waals surface area contributed by atoms with Crippen LogP contribution in [0.5, 0.6) is 5.75 Å². The van der Waals surface area contributed by atoms with E-state index in [1.807, 2.05) is 31.2 Å². The van der Waals surface area contributed by atoms with Crippen LogP contribution in [-0.2, 0) is 4.79 Å². The summed E-state index contributed by atoms with van der Waals surface area (Å²) in [4.78, 5) is 10.8. The predicted molar refractivity (Wildman–Crippen MR) is 64.4 cm³/mol. The van der Waals surface area contributed by atoms with Gasteiger partial charge in [-0.3, -0.25) is 4.79 Å². The monoisotopic (exact) mass is 221 g/mol. The zero-order valence-electron chi connectivity index (χ0n) is 10.1. The molecule has 0 aliphatic rings. The highest BCUT2D eigenvalue weighted by Crippen LogP contribution is 2.26. The van der Waals surface area contributed by atoms with E-state index in [-0.39, 0.29) is 18.4 Å². The third-order valence-electron chi connectivity index (χ3n) is 2.36. The minimum Gasteiger partial charge on any atom is -0.490 e. The first-order valence-corrected chi connectivity index (χ1v) is 5.54. The maximum Gasteiger partial charge on any atom is 0.221 e. The van der Waals surface area contributed by atoms with Crippen LogP contribution in [0.25, 0.3) is 0 Å². The molecule has 0 fully saturated rings. The molecule has 1 atom stereocenters. The smallest absolute Gasteiger partial charge is 0.221 e. The first-order valence-electron chi connectivity index (χ1n) is 5.54. The van der Waals surface area contributed by atoms with Gasteiger partial charge in [-0.25, -0.2) is 0 Å². The Morgan fingerprint density at radius 3 is 2.50 bits per heavy atom. The lowest BCUT2D eigenvalue weighted by Crippen LogP contribution is -2.22. The average molecular weight is 221 g/mol. The zero-order chi connectivity index (χ0) is 12.1. The fraction of sp³-hybridized carbons (Fsp3) is 0.462. The number of carbonyl (C=O) groups is 1. The van der Waals surface area contributed by atoms with E-state index in [2.05, 4.69) is 13.8 Å². The van der Waals surface area contributed by atoms with E-state index >= 15 is 0 Å². The van der Waals surface area contributed by atoms with Crippen LogP contribution in [0.1, 0.15) is 38.7 Å². The molecule has 0 saturated carbocycles. The van der Waals surface area contributed by atoms with Crippen molar-refractivity contribution in [2.24, 2.45) is 5.73 Å². The van der Waals surface area contributed by atoms with Crippen molar-refractivity contribution in [3.05, 3.63) is 29.8 Å². The van der Waals surface area contributed by atoms with Gasteiger partial charge in [0, 0.05) is 0 Å². The van der Waals surface area contributed by atoms with Crippen LogP contribution in [0.2, 0.25) is 0 Å². The van der Waals surface area contributed by atoms with Gasteiger partial charge in [-0.05, 0) is 24.5 Å². The highest BCUT2D eigenvalue weighted by atomic mass is 16.5. The molecule has 2 N–H and O–H groups in total. The van der Waals surface area contributed by atoms with Crippen molar-refractivity contribution in [2.45, 2.75) is 39.2 Å². The Kier molecular flexibility index (Phi) is 4.35. The van der Waals surface area contributed by atoms with Crippen molar-refractivity contribution in [2.75, 3.05) is 0 Å². The minimum atomic E-state index is -0.338. The molecule has 1 amide bonds. The number of amides is 1. The van der Waals surface area contributed by atoms with Crippen molar-refractivity contribution in [3.63, 3.8) is 0 Å². The number of primary amides is 1. The van der Waals surface area contributed by atoms with Crippen molar-refractivity contribution in [3.8, 4) is 5.75 Å². The molecule has 1 aromatic rings. The van der Waals surface area contributed by atoms with E-state index in [0.717, 1.165) is 11.3 Å². The Morgan fingerprint density at radius 1 is 1.31 bits per heavy atom. The summed E-state index contributed by atoms with van der Waals surface area (Å²) in [5.41, 5.74) is 6.28. The number of benzene rings is 1. The zero-order valence-corrected chi connectivity index (χ0v) is 10.1. The molecule has 0 aromatic heterocycles. The second-order valence-electron chi connectivity index (χ2n) is 4.29. The Balaban J connectivity index is 2.76. The Hall–Kier alpha value is -1.51. The molecule has 0 spiro atoms. The molecule has 88 valence electrons. The molecule has 0 heterocycles. The lowest BCUT2D eigenvalue weighted by atomic mass is 10.0. The molecule has 3 heteroatoms. The molecule has 0 aliphatic carbocycles. The van der Waals surface area contributed by atoms with Crippen LogP contribution in [0.15, 0.2) is 24.3 Å². The van der Waals surface area contributed by atoms with E-state index in [9.17, 15) is 4.79 Å². The molecular weight excluding hydrogens is 202 g/mol. The molecule has 0 bridgehead atoms. The SMILES string of the molecule is CC(CC(N)=O)Oc1ccccc1C(C)C. The van der Waals surface area contributed by atoms with Gasteiger partial charge >= 0.3 is 0 Å². The van der Waals surface area contributed by atoms with Gasteiger partial charge in [0.25, 0.3) is 0 Å². The van der Waals surface area contributed by atoms with Gasteiger partial charge in [-0.1, -0.05) is 32.0 Å². The summed E-state index contributed by atoms with van der Waals surface area (Å²) in [5, 5.41) is 0. The van der Waals surface area contributed by atoms with Crippen molar-refractivity contribution in [1.82, 2.24) is 0 Å². The molecule has 1 aromatic carbocycles. The molecule has 1 rings (SSSR count). The third kappa shape index (κ3) is 3.57. The van der Waals surface area contributed by atoms with E-state index in [4.69, 9.17) is 10.5 Å². The number of hydrogen-bond donors (Lipinski definition) is 1. The molecule has 16 heavy (non-hydrogen) atoms. The summed E-state index contributed by atoms with van der Waals surface area (Å²) in [6, 6.07) is 7.88. The predicted octanol–water partition coefficient (Wildman–Crippen LogP) is 2.45. The van der Waals surface area contributed by atoms with Crippen LogP contribution < -0.4 is 10.5 Å². The number of ether oxygens (including phenoxy) is 1. The van der Waals surface area contributed by atoms with Gasteiger partial charge in [-0.15, -0.1) is 0 Å². The van der Waals surface area contributed by atoms with E-state index in [0.29, 0.717) is 5.92 Å². The maximum absolute atomic E-state index is 10.8. The van der Waals surface area contributed by atoms with Gasteiger partial charge in [0.1, 0.15) is 11.9 Å². The molecular formula is C13H19NO2. The highest BCUT2D eigenvalue weighted by Gasteiger charge is 2.11. The fourth-order valence-electron chi connectivity index (χ4n) is 1.61. The summed E-state index contributed by atoms with van der Waals surface area (Å²) in [7, 11) is 0. The fourth-order valence-corrected chi connectivity index (χ4v) is 1.61. The van der Waals surface area contributed by atoms with Gasteiger partial charge in [0.2, 0.25) is 5.91 Å². The molecule has 0 radical (unpaired) electrons. The highest BCUT2D eigenvalue weighted by molar-refractivity contribution is 5.74. The van der Waals surface area contributed by atoms with Crippen LogP contribution in [-0.4, -0.2) is 12.0 Å². The van der Waals surface area contributed by atoms with Crippen molar-refractivity contribution < 1.29 is 9.53 Å². The average Bonchev–Trinajstić information content (AvgIpc) is 2.16. The quantitative estimate of drug-likeness (QED) is 0.830. The van der Waals surface area contributed by atoms with Crippen LogP contribution >= 0.6 is 0 Å². The molecule has 0 saturated heterocycles. The number of para-hydroxylation sites is 1. The van der Waals surface area contributed by atoms with Crippen LogP contribution in [0, 0.1) is 0 Å². The molecule has 0 aliphatic heterocycles. The lowest BCUT2D eigenvalue weighted by Gasteiger charge is -2.17. The van der Waals surface area contributed by atoms with Gasteiger partial charge < -0.3 is 10.5 Å². The Labute approximate surface area is 96.6 Å². The Bertz CT molecular complexity index is 361. The third-order valence-corrected chi connectivity index (χ3v) is 2.36. The first-order chi connectivity index (χ1) is 7.50. The maximum atomic E-state index is 10.8. The number of nitrogens with two attached hydrogens (primary N) is 1. The van der Waals surface area contributed by atoms with E-state index in [1.54, 1.807) is 0 Å². The summed E-state index contributed by atoms with van der Waals surface area (Å²) in [6.45, 7) is 6.07. The summed E-state index contributed by atoms with van der Waals surface area (Å²) >= 11 is 0. The molecule has 1 unspecified atom stereocenters. The van der Waals surface area contributed by atoms with E-state index < -0.39 is 0 Å². The summed E-state index contributed by atoms with van der Waals surface area (Å²) in [5.74, 6) is 0.901. The second-order valence-corrected chi connectivity index (χ2v) is 4.29. The largest absolute Gasteiger partial charge is 0.490 e. The minimum absolute atomic E-state index is 0.183. The lowest BCUT2D eigenvalue weighted by molar-refractivity contribution is -0.119. The van der Waals surface area contributed by atoms with Crippen molar-refractivity contribution in [1.29, 1.82) is 0 Å². The number of carbonyl (C=O) groups excluding carboxylic acids is 1. The summed E-state index contributed by atoms with van der Waals surface area (Å²) in [6.07, 6.45) is 0.0595. The van der Waals surface area contributed by atoms with Crippen molar-refractivity contribution >= 4 is 5.91 Å². The van der Waals surface area contributed by atoms with Gasteiger partial charge in [0.15, 0.2) is 0 Å². The Morgan fingerprint density at radius 2 is 1.94 bits per heavy atom. The normalized spacial score (nSPS) is 12.5. The molecule has 3 nitrogen and oxygen atoms in total.